The molecule has 0 aliphatic heterocycles. The molecule has 7 nitrogen and oxygen atoms in total. The number of likely N-dealkylation sites (N-methyl/N-ethyl adjacent to an activating group) is 1. The zero-order valence-corrected chi connectivity index (χ0v) is 22.9. The van der Waals surface area contributed by atoms with Gasteiger partial charge in [0.15, 0.2) is 0 Å². The van der Waals surface area contributed by atoms with Crippen LogP contribution in [-0.2, 0) is 32.3 Å². The second kappa shape index (κ2) is 12.5. The number of rotatable bonds is 10. The molecule has 3 aromatic carbocycles. The summed E-state index contributed by atoms with van der Waals surface area (Å²) in [4.78, 5) is 27.1. The first kappa shape index (κ1) is 30.6. The fourth-order valence-corrected chi connectivity index (χ4v) is 5.32. The van der Waals surface area contributed by atoms with Crippen molar-refractivity contribution < 1.29 is 35.6 Å². The van der Waals surface area contributed by atoms with E-state index < -0.39 is 57.7 Å². The smallest absolute Gasteiger partial charge is 0.355 e. The molecule has 0 aliphatic rings. The first-order chi connectivity index (χ1) is 18.8. The van der Waals surface area contributed by atoms with Crippen LogP contribution in [0.15, 0.2) is 77.7 Å². The van der Waals surface area contributed by atoms with E-state index in [9.17, 15) is 35.6 Å². The minimum atomic E-state index is -4.77. The Morgan fingerprint density at radius 2 is 1.62 bits per heavy atom. The Bertz CT molecular complexity index is 1460. The van der Waals surface area contributed by atoms with E-state index >= 15 is 0 Å². The number of carbonyl (C=O) groups is 2. The average Bonchev–Trinajstić information content (AvgIpc) is 2.90. The average molecular weight is 580 g/mol. The van der Waals surface area contributed by atoms with Crippen LogP contribution < -0.4 is 9.62 Å². The Kier molecular flexibility index (Phi) is 9.56. The van der Waals surface area contributed by atoms with Gasteiger partial charge < -0.3 is 10.2 Å². The number of hydrogen-bond donors (Lipinski definition) is 1. The van der Waals surface area contributed by atoms with Crippen molar-refractivity contribution in [2.45, 2.75) is 44.4 Å². The molecule has 0 spiro atoms. The van der Waals surface area contributed by atoms with Crippen LogP contribution in [0, 0.1) is 12.7 Å². The number of nitrogens with one attached hydrogen (secondary N) is 1. The summed E-state index contributed by atoms with van der Waals surface area (Å²) in [5.74, 6) is -2.14. The van der Waals surface area contributed by atoms with E-state index in [1.807, 2.05) is 0 Å². The molecular formula is C28H29F4N3O4S. The summed E-state index contributed by atoms with van der Waals surface area (Å²) in [7, 11) is -4.56. The third-order valence-corrected chi connectivity index (χ3v) is 7.95. The number of nitrogens with zero attached hydrogens (tertiary/aromatic N) is 2. The molecule has 1 N–H and O–H groups in total. The number of carbonyl (C=O) groups excluding carboxylic acids is 2. The fourth-order valence-electron chi connectivity index (χ4n) is 3.92. The molecule has 0 fully saturated rings. The van der Waals surface area contributed by atoms with E-state index in [0.29, 0.717) is 10.4 Å². The SMILES string of the molecule is CCNC(=O)C(C)N(Cc1ccccc1F)C(=O)CN(c1cccc(C(F)(F)F)c1)S(=O)(=O)c1ccc(C)cc1. The highest BCUT2D eigenvalue weighted by atomic mass is 32.2. The Balaban J connectivity index is 2.10. The maximum absolute atomic E-state index is 14.5. The highest BCUT2D eigenvalue weighted by Crippen LogP contribution is 2.33. The van der Waals surface area contributed by atoms with Crippen LogP contribution in [-0.4, -0.2) is 44.3 Å². The van der Waals surface area contributed by atoms with Gasteiger partial charge in [-0.1, -0.05) is 42.0 Å². The molecule has 2 amide bonds. The Morgan fingerprint density at radius 3 is 2.23 bits per heavy atom. The zero-order valence-electron chi connectivity index (χ0n) is 22.1. The summed E-state index contributed by atoms with van der Waals surface area (Å²) >= 11 is 0. The van der Waals surface area contributed by atoms with Gasteiger partial charge in [0.1, 0.15) is 18.4 Å². The topological polar surface area (TPSA) is 86.8 Å². The van der Waals surface area contributed by atoms with Crippen molar-refractivity contribution in [2.24, 2.45) is 0 Å². The van der Waals surface area contributed by atoms with Crippen molar-refractivity contribution in [3.63, 3.8) is 0 Å². The Morgan fingerprint density at radius 1 is 0.975 bits per heavy atom. The van der Waals surface area contributed by atoms with Crippen molar-refractivity contribution in [2.75, 3.05) is 17.4 Å². The monoisotopic (exact) mass is 579 g/mol. The van der Waals surface area contributed by atoms with Gasteiger partial charge >= 0.3 is 6.18 Å². The summed E-state index contributed by atoms with van der Waals surface area (Å²) in [5, 5.41) is 2.57. The minimum Gasteiger partial charge on any atom is -0.355 e. The van der Waals surface area contributed by atoms with E-state index in [1.54, 1.807) is 13.8 Å². The number of sulfonamides is 1. The normalized spacial score (nSPS) is 12.5. The summed E-state index contributed by atoms with van der Waals surface area (Å²) in [6, 6.07) is 13.6. The lowest BCUT2D eigenvalue weighted by Gasteiger charge is -2.32. The van der Waals surface area contributed by atoms with Gasteiger partial charge in [0, 0.05) is 18.7 Å². The molecule has 0 aromatic heterocycles. The molecule has 0 aliphatic carbocycles. The van der Waals surface area contributed by atoms with E-state index in [2.05, 4.69) is 5.32 Å². The molecular weight excluding hydrogens is 550 g/mol. The van der Waals surface area contributed by atoms with Gasteiger partial charge in [-0.15, -0.1) is 0 Å². The van der Waals surface area contributed by atoms with Gasteiger partial charge in [-0.25, -0.2) is 12.8 Å². The maximum Gasteiger partial charge on any atom is 0.416 e. The molecule has 12 heteroatoms. The molecule has 1 unspecified atom stereocenters. The number of hydrogen-bond acceptors (Lipinski definition) is 4. The molecule has 3 rings (SSSR count). The molecule has 1 atom stereocenters. The second-order valence-electron chi connectivity index (χ2n) is 9.06. The van der Waals surface area contributed by atoms with Crippen LogP contribution in [0.25, 0.3) is 0 Å². The Hall–Kier alpha value is -3.93. The van der Waals surface area contributed by atoms with Crippen molar-refractivity contribution in [3.8, 4) is 0 Å². The van der Waals surface area contributed by atoms with Crippen molar-refractivity contribution in [3.05, 3.63) is 95.3 Å². The lowest BCUT2D eigenvalue weighted by atomic mass is 10.1. The number of alkyl halides is 3. The van der Waals surface area contributed by atoms with Gasteiger partial charge in [0.05, 0.1) is 16.1 Å². The van der Waals surface area contributed by atoms with Gasteiger partial charge in [-0.3, -0.25) is 13.9 Å². The fraction of sp³-hybridized carbons (Fsp3) is 0.286. The standard InChI is InChI=1S/C28H29F4N3O4S/c1-4-33-27(37)20(3)34(17-21-8-5-6-11-25(21)29)26(36)18-35(23-10-7-9-22(16-23)28(30,31)32)40(38,39)24-14-12-19(2)13-15-24/h5-16,20H,4,17-18H2,1-3H3,(H,33,37). The van der Waals surface area contributed by atoms with Crippen LogP contribution in [0.5, 0.6) is 0 Å². The van der Waals surface area contributed by atoms with Gasteiger partial charge in [-0.2, -0.15) is 13.2 Å². The number of benzene rings is 3. The highest BCUT2D eigenvalue weighted by Gasteiger charge is 2.35. The summed E-state index contributed by atoms with van der Waals surface area (Å²) in [5.41, 5.74) is -0.702. The van der Waals surface area contributed by atoms with Gasteiger partial charge in [0.2, 0.25) is 11.8 Å². The summed E-state index contributed by atoms with van der Waals surface area (Å²) in [6.07, 6.45) is -4.77. The first-order valence-corrected chi connectivity index (χ1v) is 13.8. The van der Waals surface area contributed by atoms with E-state index in [4.69, 9.17) is 0 Å². The molecule has 3 aromatic rings. The second-order valence-corrected chi connectivity index (χ2v) is 10.9. The lowest BCUT2D eigenvalue weighted by molar-refractivity contribution is -0.139. The molecule has 0 radical (unpaired) electrons. The number of aryl methyl sites for hydroxylation is 1. The van der Waals surface area contributed by atoms with Crippen molar-refractivity contribution >= 4 is 27.5 Å². The predicted molar refractivity (Wildman–Crippen MR) is 142 cm³/mol. The first-order valence-electron chi connectivity index (χ1n) is 12.3. The van der Waals surface area contributed by atoms with Crippen molar-refractivity contribution in [1.82, 2.24) is 10.2 Å². The third-order valence-electron chi connectivity index (χ3n) is 6.17. The molecule has 0 saturated carbocycles. The number of amides is 2. The number of anilines is 1. The molecule has 0 heterocycles. The van der Waals surface area contributed by atoms with Crippen LogP contribution in [0.2, 0.25) is 0 Å². The quantitative estimate of drug-likeness (QED) is 0.346. The summed E-state index contributed by atoms with van der Waals surface area (Å²) in [6.45, 7) is 3.70. The van der Waals surface area contributed by atoms with Gasteiger partial charge in [0.25, 0.3) is 10.0 Å². The van der Waals surface area contributed by atoms with Crippen molar-refractivity contribution in [1.29, 1.82) is 0 Å². The lowest BCUT2D eigenvalue weighted by Crippen LogP contribution is -2.51. The largest absolute Gasteiger partial charge is 0.416 e. The molecule has 40 heavy (non-hydrogen) atoms. The maximum atomic E-state index is 14.5. The van der Waals surface area contributed by atoms with Crippen LogP contribution >= 0.6 is 0 Å². The van der Waals surface area contributed by atoms with Crippen LogP contribution in [0.1, 0.15) is 30.5 Å². The zero-order chi connectivity index (χ0) is 29.7. The van der Waals surface area contributed by atoms with Gasteiger partial charge in [-0.05, 0) is 57.2 Å². The van der Waals surface area contributed by atoms with E-state index in [-0.39, 0.29) is 23.5 Å². The number of halogens is 4. The molecule has 0 bridgehead atoms. The summed E-state index contributed by atoms with van der Waals surface area (Å²) < 4.78 is 83.0. The Labute approximate surface area is 230 Å². The van der Waals surface area contributed by atoms with E-state index in [0.717, 1.165) is 28.7 Å². The van der Waals surface area contributed by atoms with E-state index in [1.165, 1.54) is 55.5 Å². The van der Waals surface area contributed by atoms with Crippen LogP contribution in [0.3, 0.4) is 0 Å². The third kappa shape index (κ3) is 7.17. The minimum absolute atomic E-state index is 0.0685. The molecule has 0 saturated heterocycles. The molecule has 214 valence electrons. The highest BCUT2D eigenvalue weighted by molar-refractivity contribution is 7.92. The van der Waals surface area contributed by atoms with Crippen LogP contribution in [0.4, 0.5) is 23.2 Å². The predicted octanol–water partition coefficient (Wildman–Crippen LogP) is 4.90.